The molecule has 6 heteroatoms. The molecule has 6 nitrogen and oxygen atoms in total. The highest BCUT2D eigenvalue weighted by Gasteiger charge is 2.35. The first kappa shape index (κ1) is 15.7. The molecule has 1 aliphatic rings. The first-order valence-electron chi connectivity index (χ1n) is 7.30. The second-order valence-electron chi connectivity index (χ2n) is 5.22. The minimum absolute atomic E-state index is 0.126. The summed E-state index contributed by atoms with van der Waals surface area (Å²) in [6, 6.07) is 1.72. The molecule has 2 N–H and O–H groups in total. The molecule has 1 aliphatic heterocycles. The Labute approximate surface area is 125 Å². The van der Waals surface area contributed by atoms with Gasteiger partial charge < -0.3 is 20.1 Å². The highest BCUT2D eigenvalue weighted by Crippen LogP contribution is 2.22. The van der Waals surface area contributed by atoms with Crippen LogP contribution in [0.3, 0.4) is 0 Å². The summed E-state index contributed by atoms with van der Waals surface area (Å²) in [5.41, 5.74) is 0.953. The summed E-state index contributed by atoms with van der Waals surface area (Å²) in [4.78, 5) is 16.4. The summed E-state index contributed by atoms with van der Waals surface area (Å²) < 4.78 is 10.9. The van der Waals surface area contributed by atoms with E-state index in [1.54, 1.807) is 25.6 Å². The number of methoxy groups -OCH3 is 1. The summed E-state index contributed by atoms with van der Waals surface area (Å²) in [6.07, 6.45) is 5.08. The van der Waals surface area contributed by atoms with E-state index in [0.29, 0.717) is 25.3 Å². The van der Waals surface area contributed by atoms with Gasteiger partial charge in [-0.05, 0) is 12.5 Å². The van der Waals surface area contributed by atoms with Gasteiger partial charge in [0.25, 0.3) is 5.91 Å². The number of carbonyl (C=O) groups is 1. The van der Waals surface area contributed by atoms with Crippen LogP contribution in [0.2, 0.25) is 0 Å². The van der Waals surface area contributed by atoms with E-state index in [1.807, 2.05) is 0 Å². The zero-order valence-electron chi connectivity index (χ0n) is 12.6. The van der Waals surface area contributed by atoms with Gasteiger partial charge in [0.2, 0.25) is 0 Å². The largest absolute Gasteiger partial charge is 0.383 e. The minimum Gasteiger partial charge on any atom is -0.383 e. The molecule has 21 heavy (non-hydrogen) atoms. The Kier molecular flexibility index (Phi) is 5.52. The molecule has 1 aromatic rings. The second kappa shape index (κ2) is 7.38. The lowest BCUT2D eigenvalue weighted by atomic mass is 10.0. The average molecular weight is 293 g/mol. The van der Waals surface area contributed by atoms with Gasteiger partial charge in [-0.3, -0.25) is 9.78 Å². The van der Waals surface area contributed by atoms with Gasteiger partial charge in [-0.15, -0.1) is 0 Å². The average Bonchev–Trinajstić information content (AvgIpc) is 3.00. The van der Waals surface area contributed by atoms with Gasteiger partial charge in [0, 0.05) is 39.4 Å². The predicted octanol–water partition coefficient (Wildman–Crippen LogP) is 1.44. The lowest BCUT2D eigenvalue weighted by Crippen LogP contribution is -2.45. The van der Waals surface area contributed by atoms with Crippen LogP contribution in [0.4, 0.5) is 5.69 Å². The van der Waals surface area contributed by atoms with Crippen LogP contribution in [0.1, 0.15) is 30.1 Å². The summed E-state index contributed by atoms with van der Waals surface area (Å²) in [5, 5.41) is 6.15. The molecule has 0 radical (unpaired) electrons. The van der Waals surface area contributed by atoms with Crippen molar-refractivity contribution in [3.05, 3.63) is 24.0 Å². The van der Waals surface area contributed by atoms with E-state index >= 15 is 0 Å². The topological polar surface area (TPSA) is 72.5 Å². The molecule has 0 aliphatic carbocycles. The Morgan fingerprint density at radius 1 is 1.57 bits per heavy atom. The van der Waals surface area contributed by atoms with Crippen LogP contribution in [0.25, 0.3) is 0 Å². The monoisotopic (exact) mass is 293 g/mol. The van der Waals surface area contributed by atoms with Crippen molar-refractivity contribution < 1.29 is 14.3 Å². The van der Waals surface area contributed by atoms with Crippen molar-refractivity contribution in [3.8, 4) is 0 Å². The third kappa shape index (κ3) is 3.92. The van der Waals surface area contributed by atoms with Gasteiger partial charge in [-0.2, -0.15) is 0 Å². The van der Waals surface area contributed by atoms with Crippen LogP contribution >= 0.6 is 0 Å². The molecule has 1 atom stereocenters. The van der Waals surface area contributed by atoms with Gasteiger partial charge in [0.15, 0.2) is 0 Å². The molecule has 0 aromatic carbocycles. The smallest absolute Gasteiger partial charge is 0.253 e. The fraction of sp³-hybridized carbons (Fsp3) is 0.600. The van der Waals surface area contributed by atoms with Gasteiger partial charge >= 0.3 is 0 Å². The third-order valence-electron chi connectivity index (χ3n) is 3.70. The maximum atomic E-state index is 12.4. The van der Waals surface area contributed by atoms with Crippen molar-refractivity contribution in [2.45, 2.75) is 25.4 Å². The molecule has 2 rings (SSSR count). The molecular formula is C15H23N3O3. The minimum atomic E-state index is -0.403. The van der Waals surface area contributed by atoms with E-state index in [1.165, 1.54) is 0 Å². The Bertz CT molecular complexity index is 473. The Balaban J connectivity index is 2.00. The number of hydrogen-bond acceptors (Lipinski definition) is 5. The van der Waals surface area contributed by atoms with Crippen LogP contribution < -0.4 is 10.6 Å². The van der Waals surface area contributed by atoms with E-state index in [4.69, 9.17) is 9.47 Å². The van der Waals surface area contributed by atoms with Crippen molar-refractivity contribution in [1.82, 2.24) is 10.3 Å². The van der Waals surface area contributed by atoms with Gasteiger partial charge in [0.05, 0.1) is 24.1 Å². The number of carbonyl (C=O) groups excluding carboxylic acids is 1. The van der Waals surface area contributed by atoms with Crippen molar-refractivity contribution in [1.29, 1.82) is 0 Å². The number of pyridine rings is 1. The number of aromatic nitrogens is 1. The maximum Gasteiger partial charge on any atom is 0.253 e. The van der Waals surface area contributed by atoms with Crippen LogP contribution in [-0.2, 0) is 9.47 Å². The molecule has 116 valence electrons. The van der Waals surface area contributed by atoms with E-state index in [9.17, 15) is 4.79 Å². The van der Waals surface area contributed by atoms with E-state index < -0.39 is 5.60 Å². The molecule has 0 spiro atoms. The molecule has 1 fully saturated rings. The van der Waals surface area contributed by atoms with E-state index in [2.05, 4.69) is 22.5 Å². The van der Waals surface area contributed by atoms with Gasteiger partial charge in [-0.1, -0.05) is 6.92 Å². The van der Waals surface area contributed by atoms with Crippen molar-refractivity contribution >= 4 is 11.6 Å². The Hall–Kier alpha value is -1.66. The standard InChI is InChI=1S/C15H23N3O3/c1-3-6-17-13-9-16-7-4-12(13)14(19)18-10-15(20-2)5-8-21-11-15/h4,7,9,17H,3,5-6,8,10-11H2,1-2H3,(H,18,19). The number of amides is 1. The highest BCUT2D eigenvalue weighted by molar-refractivity contribution is 5.99. The highest BCUT2D eigenvalue weighted by atomic mass is 16.5. The van der Waals surface area contributed by atoms with E-state index in [-0.39, 0.29) is 5.91 Å². The fourth-order valence-corrected chi connectivity index (χ4v) is 2.29. The summed E-state index contributed by atoms with van der Waals surface area (Å²) >= 11 is 0. The lowest BCUT2D eigenvalue weighted by Gasteiger charge is -2.26. The molecule has 0 bridgehead atoms. The predicted molar refractivity (Wildman–Crippen MR) is 80.5 cm³/mol. The van der Waals surface area contributed by atoms with E-state index in [0.717, 1.165) is 25.1 Å². The first-order valence-corrected chi connectivity index (χ1v) is 7.30. The van der Waals surface area contributed by atoms with Crippen molar-refractivity contribution in [2.75, 3.05) is 38.7 Å². The molecule has 1 saturated heterocycles. The number of rotatable bonds is 7. The zero-order valence-corrected chi connectivity index (χ0v) is 12.6. The molecule has 2 heterocycles. The first-order chi connectivity index (χ1) is 10.2. The molecule has 0 saturated carbocycles. The Morgan fingerprint density at radius 3 is 3.10 bits per heavy atom. The molecule has 1 aromatic heterocycles. The summed E-state index contributed by atoms with van der Waals surface area (Å²) in [6.45, 7) is 4.51. The van der Waals surface area contributed by atoms with Crippen molar-refractivity contribution in [3.63, 3.8) is 0 Å². The molecular weight excluding hydrogens is 270 g/mol. The normalized spacial score (nSPS) is 21.2. The summed E-state index contributed by atoms with van der Waals surface area (Å²) in [7, 11) is 1.65. The fourth-order valence-electron chi connectivity index (χ4n) is 2.29. The number of nitrogens with one attached hydrogen (secondary N) is 2. The van der Waals surface area contributed by atoms with Crippen LogP contribution in [0.5, 0.6) is 0 Å². The molecule has 1 amide bonds. The Morgan fingerprint density at radius 2 is 2.43 bits per heavy atom. The third-order valence-corrected chi connectivity index (χ3v) is 3.70. The second-order valence-corrected chi connectivity index (χ2v) is 5.22. The molecule has 1 unspecified atom stereocenters. The SMILES string of the molecule is CCCNc1cnccc1C(=O)NCC1(OC)CCOC1. The lowest BCUT2D eigenvalue weighted by molar-refractivity contribution is -0.0148. The number of nitrogens with zero attached hydrogens (tertiary/aromatic N) is 1. The van der Waals surface area contributed by atoms with Crippen molar-refractivity contribution in [2.24, 2.45) is 0 Å². The van der Waals surface area contributed by atoms with Crippen LogP contribution in [-0.4, -0.2) is 49.9 Å². The zero-order chi connectivity index (χ0) is 15.1. The maximum absolute atomic E-state index is 12.4. The number of hydrogen-bond donors (Lipinski definition) is 2. The van der Waals surface area contributed by atoms with Crippen LogP contribution in [0.15, 0.2) is 18.5 Å². The van der Waals surface area contributed by atoms with Gasteiger partial charge in [0.1, 0.15) is 5.60 Å². The van der Waals surface area contributed by atoms with Gasteiger partial charge in [-0.25, -0.2) is 0 Å². The quantitative estimate of drug-likeness (QED) is 0.796. The number of anilines is 1. The van der Waals surface area contributed by atoms with Crippen LogP contribution in [0, 0.1) is 0 Å². The summed E-state index contributed by atoms with van der Waals surface area (Å²) in [5.74, 6) is -0.126. The number of ether oxygens (including phenoxy) is 2.